The van der Waals surface area contributed by atoms with Gasteiger partial charge in [-0.15, -0.1) is 0 Å². The van der Waals surface area contributed by atoms with Gasteiger partial charge >= 0.3 is 5.69 Å². The fourth-order valence-corrected chi connectivity index (χ4v) is 1.75. The summed E-state index contributed by atoms with van der Waals surface area (Å²) in [6.07, 6.45) is 3.77. The van der Waals surface area contributed by atoms with Gasteiger partial charge in [-0.1, -0.05) is 13.8 Å². The summed E-state index contributed by atoms with van der Waals surface area (Å²) >= 11 is 0. The van der Waals surface area contributed by atoms with E-state index < -0.39 is 0 Å². The highest BCUT2D eigenvalue weighted by Gasteiger charge is 2.03. The maximum Gasteiger partial charge on any atom is 0.328 e. The number of aryl methyl sites for hydroxylation is 1. The van der Waals surface area contributed by atoms with Gasteiger partial charge in [0.15, 0.2) is 0 Å². The molecule has 0 bridgehead atoms. The van der Waals surface area contributed by atoms with Crippen LogP contribution in [0.1, 0.15) is 32.3 Å². The molecule has 0 aliphatic heterocycles. The lowest BCUT2D eigenvalue weighted by Crippen LogP contribution is -2.36. The average molecular weight is 239 g/mol. The molecular formula is C12H21N3O2. The Kier molecular flexibility index (Phi) is 5.15. The Bertz CT molecular complexity index is 458. The predicted molar refractivity (Wildman–Crippen MR) is 68.4 cm³/mol. The largest absolute Gasteiger partial charge is 0.328 e. The molecule has 17 heavy (non-hydrogen) atoms. The van der Waals surface area contributed by atoms with E-state index in [0.717, 1.165) is 19.4 Å². The summed E-state index contributed by atoms with van der Waals surface area (Å²) in [5.74, 6) is 0. The van der Waals surface area contributed by atoms with Crippen LogP contribution in [0.2, 0.25) is 0 Å². The van der Waals surface area contributed by atoms with Crippen LogP contribution in [0, 0.1) is 6.92 Å². The van der Waals surface area contributed by atoms with Crippen molar-refractivity contribution in [3.63, 3.8) is 0 Å². The van der Waals surface area contributed by atoms with Crippen LogP contribution in [0.3, 0.4) is 0 Å². The molecule has 0 saturated heterocycles. The average Bonchev–Trinajstić information content (AvgIpc) is 2.31. The van der Waals surface area contributed by atoms with E-state index in [9.17, 15) is 9.59 Å². The SMILES string of the molecule is CCC(CC)NCCn1cc(C)c(=O)[nH]c1=O. The lowest BCUT2D eigenvalue weighted by molar-refractivity contribution is 0.460. The van der Waals surface area contributed by atoms with E-state index in [1.807, 2.05) is 0 Å². The molecule has 0 fully saturated rings. The second-order valence-electron chi connectivity index (χ2n) is 4.23. The van der Waals surface area contributed by atoms with Gasteiger partial charge in [-0.25, -0.2) is 4.79 Å². The summed E-state index contributed by atoms with van der Waals surface area (Å²) < 4.78 is 1.53. The standard InChI is InChI=1S/C12H21N3O2/c1-4-10(5-2)13-6-7-15-8-9(3)11(16)14-12(15)17/h8,10,13H,4-7H2,1-3H3,(H,14,16,17). The van der Waals surface area contributed by atoms with Crippen molar-refractivity contribution in [3.8, 4) is 0 Å². The number of rotatable bonds is 6. The van der Waals surface area contributed by atoms with Crippen LogP contribution < -0.4 is 16.6 Å². The molecule has 1 aromatic heterocycles. The molecule has 0 amide bonds. The van der Waals surface area contributed by atoms with Crippen LogP contribution in [-0.2, 0) is 6.54 Å². The van der Waals surface area contributed by atoms with Gasteiger partial charge in [0.05, 0.1) is 0 Å². The second-order valence-corrected chi connectivity index (χ2v) is 4.23. The third-order valence-electron chi connectivity index (χ3n) is 2.96. The summed E-state index contributed by atoms with van der Waals surface area (Å²) in [7, 11) is 0. The molecule has 0 aliphatic rings. The van der Waals surface area contributed by atoms with Crippen LogP contribution in [0.4, 0.5) is 0 Å². The van der Waals surface area contributed by atoms with Gasteiger partial charge in [-0.3, -0.25) is 14.3 Å². The lowest BCUT2D eigenvalue weighted by atomic mass is 10.2. The van der Waals surface area contributed by atoms with E-state index >= 15 is 0 Å². The van der Waals surface area contributed by atoms with Crippen LogP contribution in [0.25, 0.3) is 0 Å². The van der Waals surface area contributed by atoms with E-state index in [-0.39, 0.29) is 11.2 Å². The van der Waals surface area contributed by atoms with Gasteiger partial charge in [0.25, 0.3) is 5.56 Å². The predicted octanol–water partition coefficient (Wildman–Crippen LogP) is 0.623. The summed E-state index contributed by atoms with van der Waals surface area (Å²) in [6.45, 7) is 7.28. The molecule has 0 aromatic carbocycles. The lowest BCUT2D eigenvalue weighted by Gasteiger charge is -2.15. The first kappa shape index (κ1) is 13.7. The molecule has 0 spiro atoms. The van der Waals surface area contributed by atoms with E-state index in [2.05, 4.69) is 24.1 Å². The van der Waals surface area contributed by atoms with Gasteiger partial charge in [0, 0.05) is 30.9 Å². The van der Waals surface area contributed by atoms with Crippen molar-refractivity contribution in [1.29, 1.82) is 0 Å². The van der Waals surface area contributed by atoms with Gasteiger partial charge < -0.3 is 5.32 Å². The summed E-state index contributed by atoms with van der Waals surface area (Å²) in [5.41, 5.74) is -0.0849. The quantitative estimate of drug-likeness (QED) is 0.765. The first-order valence-corrected chi connectivity index (χ1v) is 6.12. The molecule has 5 heteroatoms. The van der Waals surface area contributed by atoms with Crippen LogP contribution in [-0.4, -0.2) is 22.1 Å². The highest BCUT2D eigenvalue weighted by atomic mass is 16.2. The first-order chi connectivity index (χ1) is 8.08. The highest BCUT2D eigenvalue weighted by Crippen LogP contribution is 1.95. The van der Waals surface area contributed by atoms with Gasteiger partial charge in [0.2, 0.25) is 0 Å². The van der Waals surface area contributed by atoms with Crippen LogP contribution in [0.5, 0.6) is 0 Å². The molecule has 2 N–H and O–H groups in total. The molecule has 5 nitrogen and oxygen atoms in total. The normalized spacial score (nSPS) is 11.1. The zero-order valence-corrected chi connectivity index (χ0v) is 10.7. The zero-order chi connectivity index (χ0) is 12.8. The molecule has 0 atom stereocenters. The number of aromatic amines is 1. The number of hydrogen-bond donors (Lipinski definition) is 2. The van der Waals surface area contributed by atoms with Crippen molar-refractivity contribution in [2.24, 2.45) is 0 Å². The van der Waals surface area contributed by atoms with Gasteiger partial charge in [-0.05, 0) is 19.8 Å². The third kappa shape index (κ3) is 3.85. The maximum absolute atomic E-state index is 11.5. The van der Waals surface area contributed by atoms with Crippen molar-refractivity contribution in [1.82, 2.24) is 14.9 Å². The van der Waals surface area contributed by atoms with E-state index in [4.69, 9.17) is 0 Å². The monoisotopic (exact) mass is 239 g/mol. The summed E-state index contributed by atoms with van der Waals surface area (Å²) in [6, 6.07) is 0.495. The Hall–Kier alpha value is -1.36. The number of nitrogens with one attached hydrogen (secondary N) is 2. The molecule has 0 saturated carbocycles. The minimum absolute atomic E-state index is 0.306. The number of aromatic nitrogens is 2. The Balaban J connectivity index is 2.61. The van der Waals surface area contributed by atoms with E-state index in [0.29, 0.717) is 18.2 Å². The molecule has 1 heterocycles. The first-order valence-electron chi connectivity index (χ1n) is 6.12. The fraction of sp³-hybridized carbons (Fsp3) is 0.667. The highest BCUT2D eigenvalue weighted by molar-refractivity contribution is 5.00. The molecule has 0 unspecified atom stereocenters. The Morgan fingerprint density at radius 1 is 1.35 bits per heavy atom. The van der Waals surface area contributed by atoms with E-state index in [1.54, 1.807) is 13.1 Å². The molecule has 0 radical (unpaired) electrons. The molecule has 96 valence electrons. The summed E-state index contributed by atoms with van der Waals surface area (Å²) in [5, 5.41) is 3.38. The third-order valence-corrected chi connectivity index (χ3v) is 2.96. The smallest absolute Gasteiger partial charge is 0.312 e. The Labute approximate surface area is 101 Å². The minimum Gasteiger partial charge on any atom is -0.312 e. The molecule has 1 aromatic rings. The van der Waals surface area contributed by atoms with Gasteiger partial charge in [0.1, 0.15) is 0 Å². The van der Waals surface area contributed by atoms with Crippen LogP contribution in [0.15, 0.2) is 15.8 Å². The molecule has 0 aliphatic carbocycles. The zero-order valence-electron chi connectivity index (χ0n) is 10.7. The van der Waals surface area contributed by atoms with Crippen molar-refractivity contribution in [2.75, 3.05) is 6.54 Å². The van der Waals surface area contributed by atoms with Crippen LogP contribution >= 0.6 is 0 Å². The number of hydrogen-bond acceptors (Lipinski definition) is 3. The maximum atomic E-state index is 11.5. The Morgan fingerprint density at radius 2 is 2.00 bits per heavy atom. The van der Waals surface area contributed by atoms with E-state index in [1.165, 1.54) is 4.57 Å². The number of nitrogens with zero attached hydrogens (tertiary/aromatic N) is 1. The van der Waals surface area contributed by atoms with Crippen molar-refractivity contribution < 1.29 is 0 Å². The van der Waals surface area contributed by atoms with Crippen molar-refractivity contribution in [2.45, 2.75) is 46.2 Å². The van der Waals surface area contributed by atoms with Crippen molar-refractivity contribution >= 4 is 0 Å². The molecular weight excluding hydrogens is 218 g/mol. The second kappa shape index (κ2) is 6.39. The topological polar surface area (TPSA) is 66.9 Å². The fourth-order valence-electron chi connectivity index (χ4n) is 1.75. The number of H-pyrrole nitrogens is 1. The van der Waals surface area contributed by atoms with Gasteiger partial charge in [-0.2, -0.15) is 0 Å². The minimum atomic E-state index is -0.341. The summed E-state index contributed by atoms with van der Waals surface area (Å²) in [4.78, 5) is 25.0. The Morgan fingerprint density at radius 3 is 2.59 bits per heavy atom. The van der Waals surface area contributed by atoms with Crippen molar-refractivity contribution in [3.05, 3.63) is 32.6 Å². The molecule has 1 rings (SSSR count).